The highest BCUT2D eigenvalue weighted by atomic mass is 16.5. The second kappa shape index (κ2) is 7.82. The molecule has 128 valence electrons. The van der Waals surface area contributed by atoms with Crippen LogP contribution in [0.1, 0.15) is 44.2 Å². The van der Waals surface area contributed by atoms with E-state index in [1.54, 1.807) is 0 Å². The molecule has 2 rings (SSSR count). The first-order valence-corrected chi connectivity index (χ1v) is 8.63. The van der Waals surface area contributed by atoms with Gasteiger partial charge in [-0.25, -0.2) is 0 Å². The van der Waals surface area contributed by atoms with E-state index in [9.17, 15) is 4.79 Å². The van der Waals surface area contributed by atoms with Gasteiger partial charge in [-0.2, -0.15) is 0 Å². The van der Waals surface area contributed by atoms with Gasteiger partial charge < -0.3 is 15.0 Å². The Balaban J connectivity index is 1.95. The van der Waals surface area contributed by atoms with Crippen LogP contribution in [-0.2, 0) is 4.79 Å². The molecule has 1 aromatic rings. The Morgan fingerprint density at radius 3 is 2.74 bits per heavy atom. The fraction of sp³-hybridized carbons (Fsp3) is 0.632. The summed E-state index contributed by atoms with van der Waals surface area (Å²) < 4.78 is 5.89. The van der Waals surface area contributed by atoms with Crippen LogP contribution in [0, 0.1) is 12.8 Å². The average molecular weight is 318 g/mol. The standard InChI is InChI=1S/C19H30N2O2/c1-13(2)18-7-6-17(10-14(18)3)23-15(4)19(22)21-9-8-16(12-21)11-20-5/h6-7,10,13,15-16,20H,8-9,11-12H2,1-5H3/t15-,16-/m1/s1. The minimum Gasteiger partial charge on any atom is -0.481 e. The number of hydrogen-bond donors (Lipinski definition) is 1. The highest BCUT2D eigenvalue weighted by Crippen LogP contribution is 2.25. The number of benzene rings is 1. The Bertz CT molecular complexity index is 542. The van der Waals surface area contributed by atoms with Crippen LogP contribution >= 0.6 is 0 Å². The molecule has 0 spiro atoms. The molecular formula is C19H30N2O2. The molecule has 1 saturated heterocycles. The molecule has 0 aromatic heterocycles. The van der Waals surface area contributed by atoms with Crippen molar-refractivity contribution in [3.63, 3.8) is 0 Å². The Morgan fingerprint density at radius 1 is 1.39 bits per heavy atom. The SMILES string of the molecule is CNC[C@H]1CCN(C(=O)[C@@H](C)Oc2ccc(C(C)C)c(C)c2)C1. The summed E-state index contributed by atoms with van der Waals surface area (Å²) in [5.41, 5.74) is 2.54. The minimum absolute atomic E-state index is 0.0918. The van der Waals surface area contributed by atoms with E-state index in [4.69, 9.17) is 4.74 Å². The van der Waals surface area contributed by atoms with Crippen molar-refractivity contribution < 1.29 is 9.53 Å². The summed E-state index contributed by atoms with van der Waals surface area (Å²) in [6.45, 7) is 10.9. The molecule has 1 heterocycles. The Hall–Kier alpha value is -1.55. The fourth-order valence-corrected chi connectivity index (χ4v) is 3.37. The molecule has 0 bridgehead atoms. The van der Waals surface area contributed by atoms with Gasteiger partial charge in [-0.1, -0.05) is 19.9 Å². The second-order valence-corrected chi connectivity index (χ2v) is 6.93. The van der Waals surface area contributed by atoms with Crippen molar-refractivity contribution in [1.82, 2.24) is 10.2 Å². The van der Waals surface area contributed by atoms with E-state index in [1.165, 1.54) is 11.1 Å². The lowest BCUT2D eigenvalue weighted by Crippen LogP contribution is -2.39. The lowest BCUT2D eigenvalue weighted by atomic mass is 9.98. The third-order valence-electron chi connectivity index (χ3n) is 4.61. The maximum Gasteiger partial charge on any atom is 0.263 e. The quantitative estimate of drug-likeness (QED) is 0.877. The number of likely N-dealkylation sites (tertiary alicyclic amines) is 1. The zero-order valence-electron chi connectivity index (χ0n) is 15.1. The molecule has 0 aliphatic carbocycles. The summed E-state index contributed by atoms with van der Waals surface area (Å²) in [6.07, 6.45) is 0.634. The van der Waals surface area contributed by atoms with E-state index in [2.05, 4.69) is 32.2 Å². The number of rotatable bonds is 6. The van der Waals surface area contributed by atoms with Gasteiger partial charge in [-0.15, -0.1) is 0 Å². The smallest absolute Gasteiger partial charge is 0.263 e. The number of amides is 1. The summed E-state index contributed by atoms with van der Waals surface area (Å²) >= 11 is 0. The molecule has 2 atom stereocenters. The number of aryl methyl sites for hydroxylation is 1. The largest absolute Gasteiger partial charge is 0.481 e. The van der Waals surface area contributed by atoms with Crippen LogP contribution in [0.4, 0.5) is 0 Å². The van der Waals surface area contributed by atoms with Gasteiger partial charge in [0.1, 0.15) is 5.75 Å². The molecular weight excluding hydrogens is 288 g/mol. The highest BCUT2D eigenvalue weighted by Gasteiger charge is 2.29. The number of carbonyl (C=O) groups excluding carboxylic acids is 1. The van der Waals surface area contributed by atoms with Gasteiger partial charge in [-0.3, -0.25) is 4.79 Å². The molecule has 1 aliphatic heterocycles. The van der Waals surface area contributed by atoms with Gasteiger partial charge in [0.2, 0.25) is 0 Å². The lowest BCUT2D eigenvalue weighted by molar-refractivity contribution is -0.137. The Kier molecular flexibility index (Phi) is 6.05. The van der Waals surface area contributed by atoms with Crippen LogP contribution in [-0.4, -0.2) is 43.6 Å². The topological polar surface area (TPSA) is 41.6 Å². The molecule has 0 radical (unpaired) electrons. The van der Waals surface area contributed by atoms with Crippen molar-refractivity contribution in [1.29, 1.82) is 0 Å². The number of nitrogens with one attached hydrogen (secondary N) is 1. The molecule has 23 heavy (non-hydrogen) atoms. The Labute approximate surface area is 140 Å². The van der Waals surface area contributed by atoms with Crippen LogP contribution < -0.4 is 10.1 Å². The van der Waals surface area contributed by atoms with Gasteiger partial charge in [0.05, 0.1) is 0 Å². The van der Waals surface area contributed by atoms with E-state index < -0.39 is 6.10 Å². The van der Waals surface area contributed by atoms with Crippen molar-refractivity contribution in [3.8, 4) is 5.75 Å². The van der Waals surface area contributed by atoms with Crippen LogP contribution in [0.25, 0.3) is 0 Å². The molecule has 1 N–H and O–H groups in total. The predicted octanol–water partition coefficient (Wildman–Crippen LogP) is 2.95. The van der Waals surface area contributed by atoms with Crippen LogP contribution in [0.5, 0.6) is 5.75 Å². The summed E-state index contributed by atoms with van der Waals surface area (Å²) in [5, 5.41) is 3.19. The van der Waals surface area contributed by atoms with Crippen LogP contribution in [0.2, 0.25) is 0 Å². The van der Waals surface area contributed by atoms with E-state index in [0.717, 1.165) is 31.8 Å². The summed E-state index contributed by atoms with van der Waals surface area (Å²) in [4.78, 5) is 14.5. The molecule has 0 saturated carbocycles. The van der Waals surface area contributed by atoms with Crippen molar-refractivity contribution in [2.75, 3.05) is 26.7 Å². The summed E-state index contributed by atoms with van der Waals surface area (Å²) in [5.74, 6) is 1.92. The first kappa shape index (κ1) is 17.8. The summed E-state index contributed by atoms with van der Waals surface area (Å²) in [6, 6.07) is 6.11. The molecule has 1 aliphatic rings. The predicted molar refractivity (Wildman–Crippen MR) is 94.0 cm³/mol. The fourth-order valence-electron chi connectivity index (χ4n) is 3.37. The monoisotopic (exact) mass is 318 g/mol. The minimum atomic E-state index is -0.437. The molecule has 4 nitrogen and oxygen atoms in total. The number of nitrogens with zero attached hydrogens (tertiary/aromatic N) is 1. The third-order valence-corrected chi connectivity index (χ3v) is 4.61. The molecule has 1 aromatic carbocycles. The van der Waals surface area contributed by atoms with Gasteiger partial charge in [0, 0.05) is 13.1 Å². The summed E-state index contributed by atoms with van der Waals surface area (Å²) in [7, 11) is 1.96. The Morgan fingerprint density at radius 2 is 2.13 bits per heavy atom. The van der Waals surface area contributed by atoms with Crippen molar-refractivity contribution in [2.24, 2.45) is 5.92 Å². The molecule has 1 fully saturated rings. The van der Waals surface area contributed by atoms with Gasteiger partial charge in [-0.05, 0) is 69.0 Å². The first-order valence-electron chi connectivity index (χ1n) is 8.63. The molecule has 0 unspecified atom stereocenters. The number of carbonyl (C=O) groups is 1. The first-order chi connectivity index (χ1) is 10.9. The molecule has 1 amide bonds. The molecule has 4 heteroatoms. The zero-order valence-corrected chi connectivity index (χ0v) is 15.1. The number of ether oxygens (including phenoxy) is 1. The van der Waals surface area contributed by atoms with E-state index in [-0.39, 0.29) is 5.91 Å². The van der Waals surface area contributed by atoms with Gasteiger partial charge in [0.25, 0.3) is 5.91 Å². The van der Waals surface area contributed by atoms with Gasteiger partial charge in [0.15, 0.2) is 6.10 Å². The maximum atomic E-state index is 12.5. The second-order valence-electron chi connectivity index (χ2n) is 6.93. The number of hydrogen-bond acceptors (Lipinski definition) is 3. The van der Waals surface area contributed by atoms with E-state index >= 15 is 0 Å². The maximum absolute atomic E-state index is 12.5. The van der Waals surface area contributed by atoms with Crippen LogP contribution in [0.15, 0.2) is 18.2 Å². The third kappa shape index (κ3) is 4.47. The highest BCUT2D eigenvalue weighted by molar-refractivity contribution is 5.81. The average Bonchev–Trinajstić information content (AvgIpc) is 2.95. The normalized spacial score (nSPS) is 19.2. The van der Waals surface area contributed by atoms with E-state index in [0.29, 0.717) is 11.8 Å². The van der Waals surface area contributed by atoms with Crippen molar-refractivity contribution in [3.05, 3.63) is 29.3 Å². The zero-order chi connectivity index (χ0) is 17.0. The van der Waals surface area contributed by atoms with Crippen molar-refractivity contribution in [2.45, 2.75) is 46.1 Å². The van der Waals surface area contributed by atoms with E-state index in [1.807, 2.05) is 31.0 Å². The lowest BCUT2D eigenvalue weighted by Gasteiger charge is -2.22. The van der Waals surface area contributed by atoms with Crippen LogP contribution in [0.3, 0.4) is 0 Å². The van der Waals surface area contributed by atoms with Crippen molar-refractivity contribution >= 4 is 5.91 Å². The van der Waals surface area contributed by atoms with Gasteiger partial charge >= 0.3 is 0 Å².